The number of aliphatic carboxylic acids is 1. The van der Waals surface area contributed by atoms with Crippen LogP contribution in [-0.4, -0.2) is 33.5 Å². The van der Waals surface area contributed by atoms with Gasteiger partial charge in [-0.15, -0.1) is 0 Å². The Hall–Kier alpha value is -1.42. The molecular weight excluding hydrogens is 216 g/mol. The van der Waals surface area contributed by atoms with Crippen LogP contribution in [0.2, 0.25) is 0 Å². The fraction of sp³-hybridized carbons (Fsp3) is 0.538. The summed E-state index contributed by atoms with van der Waals surface area (Å²) >= 11 is 0. The number of pyridine rings is 1. The predicted molar refractivity (Wildman–Crippen MR) is 66.7 cm³/mol. The fourth-order valence-corrected chi connectivity index (χ4v) is 2.17. The average Bonchev–Trinajstić information content (AvgIpc) is 2.32. The summed E-state index contributed by atoms with van der Waals surface area (Å²) in [6, 6.07) is 3.82. The maximum atomic E-state index is 11.5. The van der Waals surface area contributed by atoms with Crippen molar-refractivity contribution in [3.8, 4) is 0 Å². The van der Waals surface area contributed by atoms with Gasteiger partial charge in [0.1, 0.15) is 5.54 Å². The molecule has 0 aliphatic rings. The normalized spacial score (nSPS) is 11.8. The zero-order valence-electron chi connectivity index (χ0n) is 10.7. The van der Waals surface area contributed by atoms with Gasteiger partial charge in [0.15, 0.2) is 0 Å². The molecule has 0 unspecified atom stereocenters. The molecule has 0 amide bonds. The van der Waals surface area contributed by atoms with Gasteiger partial charge in [-0.2, -0.15) is 0 Å². The molecule has 1 N–H and O–H groups in total. The van der Waals surface area contributed by atoms with E-state index in [0.717, 1.165) is 5.56 Å². The summed E-state index contributed by atoms with van der Waals surface area (Å²) < 4.78 is 0. The van der Waals surface area contributed by atoms with Crippen LogP contribution in [0.5, 0.6) is 0 Å². The first kappa shape index (κ1) is 13.6. The van der Waals surface area contributed by atoms with Crippen molar-refractivity contribution < 1.29 is 9.90 Å². The maximum Gasteiger partial charge on any atom is 0.324 e. The van der Waals surface area contributed by atoms with Crippen LogP contribution >= 0.6 is 0 Å². The molecular formula is C13H20N2O2. The van der Waals surface area contributed by atoms with E-state index in [1.165, 1.54) is 0 Å². The molecule has 94 valence electrons. The van der Waals surface area contributed by atoms with Gasteiger partial charge >= 0.3 is 5.97 Å². The number of hydrogen-bond donors (Lipinski definition) is 1. The van der Waals surface area contributed by atoms with E-state index in [1.807, 2.05) is 37.9 Å². The molecule has 0 radical (unpaired) electrons. The van der Waals surface area contributed by atoms with Crippen molar-refractivity contribution in [3.63, 3.8) is 0 Å². The van der Waals surface area contributed by atoms with Gasteiger partial charge < -0.3 is 5.11 Å². The van der Waals surface area contributed by atoms with E-state index in [9.17, 15) is 9.90 Å². The summed E-state index contributed by atoms with van der Waals surface area (Å²) in [4.78, 5) is 17.3. The minimum absolute atomic E-state index is 0.598. The number of aromatic nitrogens is 1. The molecule has 0 bridgehead atoms. The average molecular weight is 236 g/mol. The quantitative estimate of drug-likeness (QED) is 0.822. The van der Waals surface area contributed by atoms with Crippen LogP contribution in [-0.2, 0) is 11.3 Å². The molecule has 17 heavy (non-hydrogen) atoms. The van der Waals surface area contributed by atoms with E-state index >= 15 is 0 Å². The van der Waals surface area contributed by atoms with Gasteiger partial charge in [0.25, 0.3) is 0 Å². The minimum Gasteiger partial charge on any atom is -0.480 e. The molecule has 0 aliphatic carbocycles. The third kappa shape index (κ3) is 2.82. The molecule has 1 aromatic heterocycles. The Morgan fingerprint density at radius 2 is 1.88 bits per heavy atom. The van der Waals surface area contributed by atoms with Gasteiger partial charge in [-0.05, 0) is 37.6 Å². The zero-order valence-corrected chi connectivity index (χ0v) is 10.7. The van der Waals surface area contributed by atoms with E-state index in [4.69, 9.17) is 0 Å². The van der Waals surface area contributed by atoms with Crippen molar-refractivity contribution in [1.82, 2.24) is 9.88 Å². The smallest absolute Gasteiger partial charge is 0.324 e. The molecule has 4 heteroatoms. The second-order valence-electron chi connectivity index (χ2n) is 4.26. The monoisotopic (exact) mass is 236 g/mol. The standard InChI is InChI=1S/C13H20N2O2/c1-4-13(5-2,12(16)17)15(3)10-11-6-8-14-9-7-11/h6-9H,4-5,10H2,1-3H3,(H,16,17). The van der Waals surface area contributed by atoms with Crippen molar-refractivity contribution in [1.29, 1.82) is 0 Å². The van der Waals surface area contributed by atoms with Gasteiger partial charge in [0.05, 0.1) is 0 Å². The van der Waals surface area contributed by atoms with Gasteiger partial charge in [-0.3, -0.25) is 14.7 Å². The highest BCUT2D eigenvalue weighted by molar-refractivity contribution is 5.78. The summed E-state index contributed by atoms with van der Waals surface area (Å²) in [5.41, 5.74) is 0.304. The Morgan fingerprint density at radius 3 is 2.29 bits per heavy atom. The van der Waals surface area contributed by atoms with Gasteiger partial charge in [0, 0.05) is 18.9 Å². The summed E-state index contributed by atoms with van der Waals surface area (Å²) in [5.74, 6) is -0.751. The number of carboxylic acids is 1. The van der Waals surface area contributed by atoms with Crippen LogP contribution in [0, 0.1) is 0 Å². The molecule has 1 aromatic rings. The van der Waals surface area contributed by atoms with Gasteiger partial charge in [-0.25, -0.2) is 0 Å². The van der Waals surface area contributed by atoms with Crippen molar-refractivity contribution in [2.45, 2.75) is 38.8 Å². The largest absolute Gasteiger partial charge is 0.480 e. The highest BCUT2D eigenvalue weighted by Crippen LogP contribution is 2.24. The Kier molecular flexibility index (Phi) is 4.63. The highest BCUT2D eigenvalue weighted by atomic mass is 16.4. The molecule has 0 saturated carbocycles. The third-order valence-electron chi connectivity index (χ3n) is 3.47. The summed E-state index contributed by atoms with van der Waals surface area (Å²) in [6.07, 6.45) is 4.65. The fourth-order valence-electron chi connectivity index (χ4n) is 2.17. The van der Waals surface area contributed by atoms with Crippen LogP contribution in [0.25, 0.3) is 0 Å². The maximum absolute atomic E-state index is 11.5. The number of carbonyl (C=O) groups is 1. The number of carboxylic acid groups (broad SMARTS) is 1. The second-order valence-corrected chi connectivity index (χ2v) is 4.26. The first-order chi connectivity index (χ1) is 8.06. The number of nitrogens with zero attached hydrogens (tertiary/aromatic N) is 2. The van der Waals surface area contributed by atoms with E-state index < -0.39 is 11.5 Å². The Morgan fingerprint density at radius 1 is 1.35 bits per heavy atom. The van der Waals surface area contributed by atoms with Crippen molar-refractivity contribution in [2.75, 3.05) is 7.05 Å². The topological polar surface area (TPSA) is 53.4 Å². The van der Waals surface area contributed by atoms with Crippen molar-refractivity contribution >= 4 is 5.97 Å². The first-order valence-electron chi connectivity index (χ1n) is 5.90. The number of likely N-dealkylation sites (N-methyl/N-ethyl adjacent to an activating group) is 1. The highest BCUT2D eigenvalue weighted by Gasteiger charge is 2.38. The molecule has 0 fully saturated rings. The molecule has 0 spiro atoms. The van der Waals surface area contributed by atoms with Gasteiger partial charge in [0.2, 0.25) is 0 Å². The molecule has 1 heterocycles. The van der Waals surface area contributed by atoms with Crippen LogP contribution in [0.3, 0.4) is 0 Å². The summed E-state index contributed by atoms with van der Waals surface area (Å²) in [6.45, 7) is 4.46. The molecule has 0 aromatic carbocycles. The lowest BCUT2D eigenvalue weighted by molar-refractivity contribution is -0.151. The van der Waals surface area contributed by atoms with Crippen LogP contribution in [0.15, 0.2) is 24.5 Å². The van der Waals surface area contributed by atoms with Crippen LogP contribution in [0.1, 0.15) is 32.3 Å². The Balaban J connectivity index is 2.86. The Labute approximate surface area is 102 Å². The van der Waals surface area contributed by atoms with Crippen molar-refractivity contribution in [2.24, 2.45) is 0 Å². The lowest BCUT2D eigenvalue weighted by Crippen LogP contribution is -2.51. The first-order valence-corrected chi connectivity index (χ1v) is 5.90. The molecule has 0 aliphatic heterocycles. The van der Waals surface area contributed by atoms with Crippen LogP contribution in [0.4, 0.5) is 0 Å². The number of hydrogen-bond acceptors (Lipinski definition) is 3. The minimum atomic E-state index is -0.775. The summed E-state index contributed by atoms with van der Waals surface area (Å²) in [7, 11) is 1.86. The SMILES string of the molecule is CCC(CC)(C(=O)O)N(C)Cc1ccncc1. The van der Waals surface area contributed by atoms with E-state index in [-0.39, 0.29) is 0 Å². The second kappa shape index (κ2) is 5.77. The summed E-state index contributed by atoms with van der Waals surface area (Å²) in [5, 5.41) is 9.42. The van der Waals surface area contributed by atoms with E-state index in [2.05, 4.69) is 4.98 Å². The lowest BCUT2D eigenvalue weighted by atomic mass is 9.90. The van der Waals surface area contributed by atoms with E-state index in [0.29, 0.717) is 19.4 Å². The Bertz CT molecular complexity index is 361. The molecule has 4 nitrogen and oxygen atoms in total. The van der Waals surface area contributed by atoms with E-state index in [1.54, 1.807) is 12.4 Å². The zero-order chi connectivity index (χ0) is 12.9. The number of rotatable bonds is 6. The third-order valence-corrected chi connectivity index (χ3v) is 3.47. The van der Waals surface area contributed by atoms with Gasteiger partial charge in [-0.1, -0.05) is 13.8 Å². The van der Waals surface area contributed by atoms with Crippen molar-refractivity contribution in [3.05, 3.63) is 30.1 Å². The molecule has 0 atom stereocenters. The lowest BCUT2D eigenvalue weighted by Gasteiger charge is -2.36. The predicted octanol–water partition coefficient (Wildman–Crippen LogP) is 2.16. The van der Waals surface area contributed by atoms with Crippen LogP contribution < -0.4 is 0 Å². The molecule has 1 rings (SSSR count). The molecule has 0 saturated heterocycles.